The number of amides is 1. The topological polar surface area (TPSA) is 66.8 Å². The molecule has 0 aliphatic carbocycles. The number of carboxylic acids is 1. The molecule has 1 N–H and O–H groups in total. The molecule has 0 radical (unpaired) electrons. The van der Waals surface area contributed by atoms with Gasteiger partial charge in [-0.05, 0) is 23.5 Å². The van der Waals surface area contributed by atoms with Crippen LogP contribution < -0.4 is 0 Å². The highest BCUT2D eigenvalue weighted by Gasteiger charge is 2.30. The Balaban J connectivity index is 1.72. The average Bonchev–Trinajstić information content (AvgIpc) is 2.69. The summed E-state index contributed by atoms with van der Waals surface area (Å²) < 4.78 is 5.21. The zero-order valence-corrected chi connectivity index (χ0v) is 14.6. The number of benzene rings is 2. The summed E-state index contributed by atoms with van der Waals surface area (Å²) in [6.07, 6.45) is 0.186. The highest BCUT2D eigenvalue weighted by molar-refractivity contribution is 5.79. The number of ether oxygens (including phenoxy) is 1. The Kier molecular flexibility index (Phi) is 6.02. The molecule has 1 aliphatic rings. The third-order valence-electron chi connectivity index (χ3n) is 4.71. The van der Waals surface area contributed by atoms with Gasteiger partial charge in [-0.25, -0.2) is 4.79 Å². The summed E-state index contributed by atoms with van der Waals surface area (Å²) >= 11 is 0. The minimum atomic E-state index is -1.02. The summed E-state index contributed by atoms with van der Waals surface area (Å²) in [4.78, 5) is 25.6. The van der Waals surface area contributed by atoms with Crippen molar-refractivity contribution in [2.24, 2.45) is 0 Å². The van der Waals surface area contributed by atoms with Gasteiger partial charge < -0.3 is 14.7 Å². The number of nitrogens with zero attached hydrogens (tertiary/aromatic N) is 1. The second-order valence-corrected chi connectivity index (χ2v) is 6.54. The Morgan fingerprint density at radius 2 is 1.73 bits per heavy atom. The lowest BCUT2D eigenvalue weighted by molar-refractivity contribution is -0.159. The molecular formula is C21H23NO4. The van der Waals surface area contributed by atoms with Crippen LogP contribution in [0.1, 0.15) is 23.5 Å². The van der Waals surface area contributed by atoms with Crippen molar-refractivity contribution in [3.05, 3.63) is 71.8 Å². The fourth-order valence-corrected chi connectivity index (χ4v) is 3.30. The molecule has 136 valence electrons. The normalized spacial score (nSPS) is 18.3. The Morgan fingerprint density at radius 3 is 2.38 bits per heavy atom. The SMILES string of the molecule is O=C(O)[C@H]1CN(C(=O)C[C@@H](Cc2ccccc2)c2ccccc2)CCO1. The summed E-state index contributed by atoms with van der Waals surface area (Å²) in [5.74, 6) is -0.993. The van der Waals surface area contributed by atoms with E-state index in [0.717, 1.165) is 12.0 Å². The number of carboxylic acid groups (broad SMARTS) is 1. The van der Waals surface area contributed by atoms with Crippen molar-refractivity contribution >= 4 is 11.9 Å². The fraction of sp³-hybridized carbons (Fsp3) is 0.333. The van der Waals surface area contributed by atoms with E-state index in [9.17, 15) is 9.59 Å². The Hall–Kier alpha value is -2.66. The summed E-state index contributed by atoms with van der Waals surface area (Å²) in [6, 6.07) is 20.1. The lowest BCUT2D eigenvalue weighted by Gasteiger charge is -2.32. The van der Waals surface area contributed by atoms with Gasteiger partial charge in [-0.1, -0.05) is 60.7 Å². The largest absolute Gasteiger partial charge is 0.479 e. The first-order valence-electron chi connectivity index (χ1n) is 8.84. The molecule has 0 unspecified atom stereocenters. The quantitative estimate of drug-likeness (QED) is 0.867. The first-order chi connectivity index (χ1) is 12.6. The van der Waals surface area contributed by atoms with E-state index in [1.165, 1.54) is 5.56 Å². The number of morpholine rings is 1. The second-order valence-electron chi connectivity index (χ2n) is 6.54. The van der Waals surface area contributed by atoms with Gasteiger partial charge in [-0.15, -0.1) is 0 Å². The van der Waals surface area contributed by atoms with Gasteiger partial charge in [0.05, 0.1) is 13.2 Å². The van der Waals surface area contributed by atoms with Crippen LogP contribution in [0.25, 0.3) is 0 Å². The summed E-state index contributed by atoms with van der Waals surface area (Å²) in [5.41, 5.74) is 2.30. The van der Waals surface area contributed by atoms with Crippen molar-refractivity contribution in [2.75, 3.05) is 19.7 Å². The van der Waals surface area contributed by atoms with Crippen LogP contribution in [0.15, 0.2) is 60.7 Å². The van der Waals surface area contributed by atoms with Gasteiger partial charge in [0.2, 0.25) is 5.91 Å². The van der Waals surface area contributed by atoms with Gasteiger partial charge in [-0.2, -0.15) is 0 Å². The number of aliphatic carboxylic acids is 1. The van der Waals surface area contributed by atoms with Gasteiger partial charge in [0.15, 0.2) is 6.10 Å². The van der Waals surface area contributed by atoms with Gasteiger partial charge >= 0.3 is 5.97 Å². The van der Waals surface area contributed by atoms with E-state index < -0.39 is 12.1 Å². The molecule has 1 heterocycles. The zero-order chi connectivity index (χ0) is 18.4. The minimum absolute atomic E-state index is 0.0238. The van der Waals surface area contributed by atoms with Gasteiger partial charge in [0.25, 0.3) is 0 Å². The van der Waals surface area contributed by atoms with Crippen molar-refractivity contribution in [2.45, 2.75) is 24.9 Å². The molecule has 1 saturated heterocycles. The highest BCUT2D eigenvalue weighted by Crippen LogP contribution is 2.25. The van der Waals surface area contributed by atoms with E-state index in [2.05, 4.69) is 12.1 Å². The molecule has 26 heavy (non-hydrogen) atoms. The molecule has 0 saturated carbocycles. The highest BCUT2D eigenvalue weighted by atomic mass is 16.5. The van der Waals surface area contributed by atoms with Crippen LogP contribution in [-0.4, -0.2) is 47.7 Å². The van der Waals surface area contributed by atoms with Crippen molar-refractivity contribution in [1.82, 2.24) is 4.90 Å². The lowest BCUT2D eigenvalue weighted by Crippen LogP contribution is -2.48. The molecule has 5 heteroatoms. The molecule has 2 aromatic carbocycles. The Morgan fingerprint density at radius 1 is 1.08 bits per heavy atom. The molecule has 0 bridgehead atoms. The van der Waals surface area contributed by atoms with Crippen molar-refractivity contribution < 1.29 is 19.4 Å². The first kappa shape index (κ1) is 18.1. The summed E-state index contributed by atoms with van der Waals surface area (Å²) in [5, 5.41) is 9.13. The van der Waals surface area contributed by atoms with E-state index in [0.29, 0.717) is 13.0 Å². The average molecular weight is 353 g/mol. The van der Waals surface area contributed by atoms with Gasteiger partial charge in [-0.3, -0.25) is 4.79 Å². The lowest BCUT2D eigenvalue weighted by atomic mass is 9.89. The van der Waals surface area contributed by atoms with Crippen LogP contribution in [0.3, 0.4) is 0 Å². The predicted molar refractivity (Wildman–Crippen MR) is 97.9 cm³/mol. The third kappa shape index (κ3) is 4.70. The minimum Gasteiger partial charge on any atom is -0.479 e. The van der Waals surface area contributed by atoms with E-state index >= 15 is 0 Å². The third-order valence-corrected chi connectivity index (χ3v) is 4.71. The van der Waals surface area contributed by atoms with Crippen molar-refractivity contribution in [1.29, 1.82) is 0 Å². The summed E-state index contributed by atoms with van der Waals surface area (Å²) in [6.45, 7) is 0.813. The molecule has 0 aromatic heterocycles. The van der Waals surface area contributed by atoms with Gasteiger partial charge in [0, 0.05) is 13.0 Å². The number of hydrogen-bond acceptors (Lipinski definition) is 3. The molecule has 5 nitrogen and oxygen atoms in total. The standard InChI is InChI=1S/C21H23NO4/c23-20(22-11-12-26-19(15-22)21(24)25)14-18(17-9-5-2-6-10-17)13-16-7-3-1-4-8-16/h1-10,18-19H,11-15H2,(H,24,25)/t18-,19-/m1/s1. The van der Waals surface area contributed by atoms with Crippen LogP contribution in [0.4, 0.5) is 0 Å². The Labute approximate surface area is 153 Å². The zero-order valence-electron chi connectivity index (χ0n) is 14.6. The fourth-order valence-electron chi connectivity index (χ4n) is 3.30. The van der Waals surface area contributed by atoms with Gasteiger partial charge in [0.1, 0.15) is 0 Å². The number of hydrogen-bond donors (Lipinski definition) is 1. The predicted octanol–water partition coefficient (Wildman–Crippen LogP) is 2.72. The van der Waals surface area contributed by atoms with E-state index in [1.807, 2.05) is 48.5 Å². The van der Waals surface area contributed by atoms with Crippen molar-refractivity contribution in [3.8, 4) is 0 Å². The maximum atomic E-state index is 12.8. The van der Waals surface area contributed by atoms with Crippen LogP contribution in [0, 0.1) is 0 Å². The molecule has 3 rings (SSSR count). The van der Waals surface area contributed by atoms with E-state index in [1.54, 1.807) is 4.90 Å². The van der Waals surface area contributed by atoms with Crippen molar-refractivity contribution in [3.63, 3.8) is 0 Å². The summed E-state index contributed by atoms with van der Waals surface area (Å²) in [7, 11) is 0. The van der Waals surface area contributed by atoms with Crippen LogP contribution >= 0.6 is 0 Å². The number of carbonyl (C=O) groups excluding carboxylic acids is 1. The number of rotatable bonds is 6. The Bertz CT molecular complexity index is 732. The smallest absolute Gasteiger partial charge is 0.334 e. The second kappa shape index (κ2) is 8.63. The van der Waals surface area contributed by atoms with Crippen LogP contribution in [0.5, 0.6) is 0 Å². The van der Waals surface area contributed by atoms with E-state index in [4.69, 9.17) is 9.84 Å². The molecule has 1 fully saturated rings. The molecular weight excluding hydrogens is 330 g/mol. The van der Waals surface area contributed by atoms with E-state index in [-0.39, 0.29) is 25.0 Å². The molecule has 1 aliphatic heterocycles. The molecule has 2 atom stereocenters. The van der Waals surface area contributed by atoms with Crippen LogP contribution in [-0.2, 0) is 20.7 Å². The molecule has 2 aromatic rings. The maximum absolute atomic E-state index is 12.8. The molecule has 1 amide bonds. The van der Waals surface area contributed by atoms with Crippen LogP contribution in [0.2, 0.25) is 0 Å². The monoisotopic (exact) mass is 353 g/mol. The maximum Gasteiger partial charge on any atom is 0.334 e. The first-order valence-corrected chi connectivity index (χ1v) is 8.84. The molecule has 0 spiro atoms. The number of carbonyl (C=O) groups is 2.